The lowest BCUT2D eigenvalue weighted by Gasteiger charge is -2.32. The number of terminal acetylenes is 1. The van der Waals surface area contributed by atoms with Crippen molar-refractivity contribution < 1.29 is 14.3 Å². The Kier molecular flexibility index (Phi) is 8.15. The molecular formula is C24H27ClN2O3. The molecule has 0 saturated carbocycles. The molecule has 0 radical (unpaired) electrons. The first-order valence-corrected chi connectivity index (χ1v) is 10.5. The Balaban J connectivity index is 1.48. The number of hydrogen-bond donors (Lipinski definition) is 1. The van der Waals surface area contributed by atoms with Crippen molar-refractivity contribution in [1.82, 2.24) is 10.2 Å². The SMILES string of the molecule is C#Cc1ccc(CN2CCC(Oc3ccc(C(=O)NCCOC)cc3Cl)CC2)cc1. The van der Waals surface area contributed by atoms with Crippen LogP contribution in [0.15, 0.2) is 42.5 Å². The van der Waals surface area contributed by atoms with E-state index >= 15 is 0 Å². The van der Waals surface area contributed by atoms with E-state index in [9.17, 15) is 4.79 Å². The quantitative estimate of drug-likeness (QED) is 0.516. The Labute approximate surface area is 183 Å². The normalized spacial score (nSPS) is 14.8. The summed E-state index contributed by atoms with van der Waals surface area (Å²) >= 11 is 6.36. The first-order valence-electron chi connectivity index (χ1n) is 10.1. The van der Waals surface area contributed by atoms with Gasteiger partial charge in [0.05, 0.1) is 11.6 Å². The number of carbonyl (C=O) groups excluding carboxylic acids is 1. The van der Waals surface area contributed by atoms with Gasteiger partial charge in [0.2, 0.25) is 0 Å². The van der Waals surface area contributed by atoms with Crippen LogP contribution in [0.4, 0.5) is 0 Å². The Morgan fingerprint density at radius 1 is 1.23 bits per heavy atom. The number of ether oxygens (including phenoxy) is 2. The van der Waals surface area contributed by atoms with Crippen molar-refractivity contribution in [2.75, 3.05) is 33.4 Å². The zero-order chi connectivity index (χ0) is 21.3. The molecule has 30 heavy (non-hydrogen) atoms. The molecule has 0 bridgehead atoms. The van der Waals surface area contributed by atoms with E-state index in [-0.39, 0.29) is 12.0 Å². The average Bonchev–Trinajstić information content (AvgIpc) is 2.77. The molecule has 5 nitrogen and oxygen atoms in total. The van der Waals surface area contributed by atoms with Gasteiger partial charge in [-0.2, -0.15) is 0 Å². The van der Waals surface area contributed by atoms with Crippen LogP contribution in [-0.2, 0) is 11.3 Å². The first-order chi connectivity index (χ1) is 14.6. The van der Waals surface area contributed by atoms with Gasteiger partial charge in [-0.25, -0.2) is 0 Å². The number of methoxy groups -OCH3 is 1. The fraction of sp³-hybridized carbons (Fsp3) is 0.375. The highest BCUT2D eigenvalue weighted by atomic mass is 35.5. The Morgan fingerprint density at radius 3 is 2.60 bits per heavy atom. The number of amides is 1. The summed E-state index contributed by atoms with van der Waals surface area (Å²) in [4.78, 5) is 14.5. The number of nitrogens with zero attached hydrogens (tertiary/aromatic N) is 1. The van der Waals surface area contributed by atoms with Crippen LogP contribution >= 0.6 is 11.6 Å². The van der Waals surface area contributed by atoms with Crippen molar-refractivity contribution >= 4 is 17.5 Å². The Bertz CT molecular complexity index is 884. The van der Waals surface area contributed by atoms with Crippen molar-refractivity contribution in [3.8, 4) is 18.1 Å². The standard InChI is InChI=1S/C24H27ClN2O3/c1-3-18-4-6-19(7-5-18)17-27-13-10-21(11-14-27)30-23-9-8-20(16-22(23)25)24(28)26-12-15-29-2/h1,4-9,16,21H,10-15,17H2,2H3,(H,26,28). The number of hydrogen-bond acceptors (Lipinski definition) is 4. The molecular weight excluding hydrogens is 400 g/mol. The smallest absolute Gasteiger partial charge is 0.251 e. The molecule has 2 aromatic carbocycles. The molecule has 1 aliphatic heterocycles. The van der Waals surface area contributed by atoms with E-state index in [2.05, 4.69) is 28.3 Å². The summed E-state index contributed by atoms with van der Waals surface area (Å²) in [5.74, 6) is 3.09. The number of nitrogens with one attached hydrogen (secondary N) is 1. The summed E-state index contributed by atoms with van der Waals surface area (Å²) in [7, 11) is 1.59. The van der Waals surface area contributed by atoms with Crippen LogP contribution in [0.1, 0.15) is 34.3 Å². The van der Waals surface area contributed by atoms with Crippen molar-refractivity contribution in [1.29, 1.82) is 0 Å². The summed E-state index contributed by atoms with van der Waals surface area (Å²) < 4.78 is 11.1. The van der Waals surface area contributed by atoms with Gasteiger partial charge in [0.1, 0.15) is 11.9 Å². The van der Waals surface area contributed by atoms with Gasteiger partial charge >= 0.3 is 0 Å². The maximum Gasteiger partial charge on any atom is 0.251 e. The molecule has 0 aliphatic carbocycles. The maximum absolute atomic E-state index is 12.1. The number of likely N-dealkylation sites (tertiary alicyclic amines) is 1. The summed E-state index contributed by atoms with van der Waals surface area (Å²) in [6.45, 7) is 3.75. The molecule has 158 valence electrons. The summed E-state index contributed by atoms with van der Waals surface area (Å²) in [6, 6.07) is 13.3. The number of rotatable bonds is 8. The molecule has 0 unspecified atom stereocenters. The average molecular weight is 427 g/mol. The topological polar surface area (TPSA) is 50.8 Å². The minimum Gasteiger partial charge on any atom is -0.489 e. The lowest BCUT2D eigenvalue weighted by molar-refractivity contribution is 0.0935. The minimum atomic E-state index is -0.177. The number of carbonyl (C=O) groups is 1. The summed E-state index contributed by atoms with van der Waals surface area (Å²) in [5, 5.41) is 3.23. The zero-order valence-electron chi connectivity index (χ0n) is 17.2. The second kappa shape index (κ2) is 11.0. The van der Waals surface area contributed by atoms with Gasteiger partial charge in [-0.15, -0.1) is 6.42 Å². The predicted octanol–water partition coefficient (Wildman–Crippen LogP) is 3.74. The summed E-state index contributed by atoms with van der Waals surface area (Å²) in [6.07, 6.45) is 7.38. The second-order valence-electron chi connectivity index (χ2n) is 7.33. The van der Waals surface area contributed by atoms with Crippen molar-refractivity contribution in [2.24, 2.45) is 0 Å². The van der Waals surface area contributed by atoms with E-state index in [0.29, 0.717) is 29.5 Å². The maximum atomic E-state index is 12.1. The Hall–Kier alpha value is -2.52. The van der Waals surface area contributed by atoms with E-state index in [1.54, 1.807) is 25.3 Å². The third-order valence-corrected chi connectivity index (χ3v) is 5.44. The molecule has 0 atom stereocenters. The predicted molar refractivity (Wildman–Crippen MR) is 119 cm³/mol. The molecule has 0 aromatic heterocycles. The highest BCUT2D eigenvalue weighted by Crippen LogP contribution is 2.28. The first kappa shape index (κ1) is 22.2. The molecule has 1 fully saturated rings. The Morgan fingerprint density at radius 2 is 1.97 bits per heavy atom. The largest absolute Gasteiger partial charge is 0.489 e. The second-order valence-corrected chi connectivity index (χ2v) is 7.74. The molecule has 0 spiro atoms. The van der Waals surface area contributed by atoms with E-state index < -0.39 is 0 Å². The zero-order valence-corrected chi connectivity index (χ0v) is 18.0. The van der Waals surface area contributed by atoms with Gasteiger partial charge in [-0.3, -0.25) is 9.69 Å². The van der Waals surface area contributed by atoms with Crippen LogP contribution in [0.25, 0.3) is 0 Å². The number of piperidine rings is 1. The molecule has 1 amide bonds. The molecule has 6 heteroatoms. The molecule has 1 N–H and O–H groups in total. The van der Waals surface area contributed by atoms with Crippen molar-refractivity contribution in [3.63, 3.8) is 0 Å². The third kappa shape index (κ3) is 6.24. The van der Waals surface area contributed by atoms with Crippen molar-refractivity contribution in [2.45, 2.75) is 25.5 Å². The van der Waals surface area contributed by atoms with Crippen LogP contribution < -0.4 is 10.1 Å². The van der Waals surface area contributed by atoms with Crippen LogP contribution in [-0.4, -0.2) is 50.3 Å². The van der Waals surface area contributed by atoms with Gasteiger partial charge in [0.15, 0.2) is 0 Å². The van der Waals surface area contributed by atoms with Gasteiger partial charge in [0, 0.05) is 44.4 Å². The van der Waals surface area contributed by atoms with Gasteiger partial charge in [-0.1, -0.05) is 29.7 Å². The summed E-state index contributed by atoms with van der Waals surface area (Å²) in [5.41, 5.74) is 2.67. The molecule has 2 aromatic rings. The van der Waals surface area contributed by atoms with Gasteiger partial charge < -0.3 is 14.8 Å². The fourth-order valence-corrected chi connectivity index (χ4v) is 3.66. The lowest BCUT2D eigenvalue weighted by atomic mass is 10.1. The highest BCUT2D eigenvalue weighted by Gasteiger charge is 2.21. The molecule has 1 aliphatic rings. The highest BCUT2D eigenvalue weighted by molar-refractivity contribution is 6.32. The number of benzene rings is 2. The monoisotopic (exact) mass is 426 g/mol. The van der Waals surface area contributed by atoms with E-state index in [4.69, 9.17) is 27.5 Å². The lowest BCUT2D eigenvalue weighted by Crippen LogP contribution is -2.37. The molecule has 1 heterocycles. The minimum absolute atomic E-state index is 0.115. The van der Waals surface area contributed by atoms with Crippen LogP contribution in [0.5, 0.6) is 5.75 Å². The van der Waals surface area contributed by atoms with E-state index in [1.165, 1.54) is 5.56 Å². The van der Waals surface area contributed by atoms with E-state index in [1.807, 2.05) is 12.1 Å². The van der Waals surface area contributed by atoms with Crippen molar-refractivity contribution in [3.05, 3.63) is 64.2 Å². The van der Waals surface area contributed by atoms with Gasteiger partial charge in [-0.05, 0) is 48.7 Å². The van der Waals surface area contributed by atoms with Crippen LogP contribution in [0.3, 0.4) is 0 Å². The van der Waals surface area contributed by atoms with Crippen LogP contribution in [0, 0.1) is 12.3 Å². The van der Waals surface area contributed by atoms with E-state index in [0.717, 1.165) is 38.0 Å². The molecule has 1 saturated heterocycles. The molecule has 3 rings (SSSR count). The fourth-order valence-electron chi connectivity index (χ4n) is 3.44. The van der Waals surface area contributed by atoms with Crippen LogP contribution in [0.2, 0.25) is 5.02 Å². The third-order valence-electron chi connectivity index (χ3n) is 5.14. The van der Waals surface area contributed by atoms with Gasteiger partial charge in [0.25, 0.3) is 5.91 Å². The number of halogens is 1.